The van der Waals surface area contributed by atoms with E-state index in [4.69, 9.17) is 9.47 Å². The van der Waals surface area contributed by atoms with Gasteiger partial charge in [-0.3, -0.25) is 9.59 Å². The number of carbonyl (C=O) groups excluding carboxylic acids is 3. The molecule has 1 N–H and O–H groups in total. The van der Waals surface area contributed by atoms with Crippen LogP contribution in [0.3, 0.4) is 0 Å². The molecule has 1 aromatic carbocycles. The Kier molecular flexibility index (Phi) is 6.48. The van der Waals surface area contributed by atoms with Crippen molar-refractivity contribution >= 4 is 17.8 Å². The monoisotopic (exact) mass is 494 g/mol. The number of nitrogens with zero attached hydrogens (tertiary/aromatic N) is 3. The molecule has 12 heteroatoms. The van der Waals surface area contributed by atoms with Crippen molar-refractivity contribution in [3.8, 4) is 11.4 Å². The largest absolute Gasteiger partial charge is 0.497 e. The number of aromatic nitrogens is 2. The lowest BCUT2D eigenvalue weighted by Crippen LogP contribution is -2.56. The number of alkyl halides is 3. The molecule has 2 aliphatic rings. The number of halogens is 3. The molecule has 2 amide bonds. The summed E-state index contributed by atoms with van der Waals surface area (Å²) in [4.78, 5) is 39.6. The fourth-order valence-corrected chi connectivity index (χ4v) is 4.73. The topological polar surface area (TPSA) is 103 Å². The summed E-state index contributed by atoms with van der Waals surface area (Å²) in [7, 11) is 2.69. The van der Waals surface area contributed by atoms with E-state index in [2.05, 4.69) is 10.4 Å². The zero-order valence-electron chi connectivity index (χ0n) is 19.3. The normalized spacial score (nSPS) is 17.2. The summed E-state index contributed by atoms with van der Waals surface area (Å²) in [6, 6.07) is 6.07. The molecule has 4 rings (SSSR count). The number of amides is 2. The standard InChI is InChI=1S/C23H25F3N4O5/c1-34-15-7-5-14(6-8-15)30-18-16(19(28-30)23(24,25)26)9-12-29(20(18)32)13-17(31)27-22(21(33)35-2)10-3-4-11-22/h5-8H,3-4,9-13H2,1-2H3,(H,27,31). The maximum Gasteiger partial charge on any atom is 0.435 e. The van der Waals surface area contributed by atoms with Gasteiger partial charge in [-0.05, 0) is 43.5 Å². The highest BCUT2D eigenvalue weighted by Crippen LogP contribution is 2.36. The van der Waals surface area contributed by atoms with Crippen molar-refractivity contribution in [2.45, 2.75) is 43.8 Å². The molecular formula is C23H25F3N4O5. The third-order valence-electron chi connectivity index (χ3n) is 6.44. The number of rotatable bonds is 6. The first-order valence-electron chi connectivity index (χ1n) is 11.1. The van der Waals surface area contributed by atoms with Gasteiger partial charge in [-0.2, -0.15) is 18.3 Å². The van der Waals surface area contributed by atoms with Gasteiger partial charge in [0.1, 0.15) is 17.0 Å². The van der Waals surface area contributed by atoms with E-state index in [0.29, 0.717) is 18.6 Å². The van der Waals surface area contributed by atoms with E-state index < -0.39 is 41.7 Å². The molecule has 0 bridgehead atoms. The highest BCUT2D eigenvalue weighted by atomic mass is 19.4. The number of esters is 1. The molecule has 1 aliphatic heterocycles. The summed E-state index contributed by atoms with van der Waals surface area (Å²) in [5, 5.41) is 6.42. The van der Waals surface area contributed by atoms with Crippen molar-refractivity contribution in [2.75, 3.05) is 27.3 Å². The summed E-state index contributed by atoms with van der Waals surface area (Å²) in [6.45, 7) is -0.506. The number of hydrogen-bond donors (Lipinski definition) is 1. The van der Waals surface area contributed by atoms with Crippen molar-refractivity contribution in [3.05, 3.63) is 41.2 Å². The van der Waals surface area contributed by atoms with Gasteiger partial charge in [-0.25, -0.2) is 9.48 Å². The quantitative estimate of drug-likeness (QED) is 0.620. The lowest BCUT2D eigenvalue weighted by molar-refractivity contribution is -0.150. The van der Waals surface area contributed by atoms with Gasteiger partial charge in [-0.15, -0.1) is 0 Å². The highest BCUT2D eigenvalue weighted by molar-refractivity contribution is 5.99. The Morgan fingerprint density at radius 3 is 2.37 bits per heavy atom. The van der Waals surface area contributed by atoms with E-state index in [1.165, 1.54) is 31.3 Å². The van der Waals surface area contributed by atoms with E-state index in [9.17, 15) is 27.6 Å². The minimum absolute atomic E-state index is 0.0954. The summed E-state index contributed by atoms with van der Waals surface area (Å²) < 4.78 is 52.0. The average molecular weight is 494 g/mol. The molecule has 188 valence electrons. The Hall–Kier alpha value is -3.57. The van der Waals surface area contributed by atoms with Gasteiger partial charge in [0.25, 0.3) is 5.91 Å². The maximum absolute atomic E-state index is 13.7. The maximum atomic E-state index is 13.7. The summed E-state index contributed by atoms with van der Waals surface area (Å²) in [5.41, 5.74) is -2.49. The van der Waals surface area contributed by atoms with Crippen LogP contribution in [0.1, 0.15) is 47.4 Å². The smallest absolute Gasteiger partial charge is 0.435 e. The first-order valence-corrected chi connectivity index (χ1v) is 11.1. The molecule has 9 nitrogen and oxygen atoms in total. The Morgan fingerprint density at radius 2 is 1.80 bits per heavy atom. The molecular weight excluding hydrogens is 469 g/mol. The van der Waals surface area contributed by atoms with Crippen molar-refractivity contribution in [1.82, 2.24) is 20.0 Å². The van der Waals surface area contributed by atoms with Crippen molar-refractivity contribution in [3.63, 3.8) is 0 Å². The first-order chi connectivity index (χ1) is 16.6. The van der Waals surface area contributed by atoms with Crippen LogP contribution in [0.5, 0.6) is 5.75 Å². The molecule has 0 atom stereocenters. The van der Waals surface area contributed by atoms with E-state index in [1.54, 1.807) is 12.1 Å². The molecule has 0 unspecified atom stereocenters. The number of nitrogens with one attached hydrogen (secondary N) is 1. The Bertz CT molecular complexity index is 1140. The minimum Gasteiger partial charge on any atom is -0.497 e. The number of fused-ring (bicyclic) bond motifs is 1. The molecule has 1 saturated carbocycles. The molecule has 1 fully saturated rings. The molecule has 2 aromatic rings. The third kappa shape index (κ3) is 4.56. The number of hydrogen-bond acceptors (Lipinski definition) is 6. The fourth-order valence-electron chi connectivity index (χ4n) is 4.73. The average Bonchev–Trinajstić information content (AvgIpc) is 3.46. The van der Waals surface area contributed by atoms with Crippen LogP contribution in [0.25, 0.3) is 5.69 Å². The first kappa shape index (κ1) is 24.6. The summed E-state index contributed by atoms with van der Waals surface area (Å²) in [5.74, 6) is -1.40. The van der Waals surface area contributed by atoms with Gasteiger partial charge < -0.3 is 19.7 Å². The van der Waals surface area contributed by atoms with Crippen LogP contribution < -0.4 is 10.1 Å². The SMILES string of the molecule is COC(=O)C1(NC(=O)CN2CCc3c(C(F)(F)F)nn(-c4ccc(OC)cc4)c3C2=O)CCCC1. The van der Waals surface area contributed by atoms with Gasteiger partial charge in [0.05, 0.1) is 26.5 Å². The van der Waals surface area contributed by atoms with Crippen LogP contribution in [0, 0.1) is 0 Å². The van der Waals surface area contributed by atoms with E-state index in [0.717, 1.165) is 17.5 Å². The lowest BCUT2D eigenvalue weighted by Gasteiger charge is -2.31. The second kappa shape index (κ2) is 9.23. The zero-order valence-corrected chi connectivity index (χ0v) is 19.3. The third-order valence-corrected chi connectivity index (χ3v) is 6.44. The predicted octanol–water partition coefficient (Wildman–Crippen LogP) is 2.50. The molecule has 0 spiro atoms. The number of benzene rings is 1. The van der Waals surface area contributed by atoms with E-state index in [1.807, 2.05) is 0 Å². The molecule has 35 heavy (non-hydrogen) atoms. The number of ether oxygens (including phenoxy) is 2. The van der Waals surface area contributed by atoms with Gasteiger partial charge in [0.15, 0.2) is 5.69 Å². The van der Waals surface area contributed by atoms with Gasteiger partial charge in [-0.1, -0.05) is 12.8 Å². The number of carbonyl (C=O) groups is 3. The summed E-state index contributed by atoms with van der Waals surface area (Å²) >= 11 is 0. The van der Waals surface area contributed by atoms with Crippen LogP contribution >= 0.6 is 0 Å². The zero-order chi connectivity index (χ0) is 25.4. The lowest BCUT2D eigenvalue weighted by atomic mass is 9.97. The fraction of sp³-hybridized carbons (Fsp3) is 0.478. The van der Waals surface area contributed by atoms with Crippen molar-refractivity contribution in [1.29, 1.82) is 0 Å². The van der Waals surface area contributed by atoms with Crippen molar-refractivity contribution in [2.24, 2.45) is 0 Å². The highest BCUT2D eigenvalue weighted by Gasteiger charge is 2.45. The minimum atomic E-state index is -4.75. The second-order valence-electron chi connectivity index (χ2n) is 8.59. The van der Waals surface area contributed by atoms with Gasteiger partial charge in [0.2, 0.25) is 5.91 Å². The van der Waals surface area contributed by atoms with Crippen LogP contribution in [0.2, 0.25) is 0 Å². The van der Waals surface area contributed by atoms with Crippen molar-refractivity contribution < 1.29 is 37.0 Å². The van der Waals surface area contributed by atoms with Gasteiger partial charge in [0, 0.05) is 12.1 Å². The van der Waals surface area contributed by atoms with E-state index in [-0.39, 0.29) is 29.9 Å². The summed E-state index contributed by atoms with van der Waals surface area (Å²) in [6.07, 6.45) is -2.56. The molecule has 0 radical (unpaired) electrons. The molecule has 0 saturated heterocycles. The van der Waals surface area contributed by atoms with Crippen LogP contribution in [-0.2, 0) is 26.9 Å². The predicted molar refractivity (Wildman–Crippen MR) is 116 cm³/mol. The Morgan fingerprint density at radius 1 is 1.14 bits per heavy atom. The Labute approximate surface area is 199 Å². The molecule has 1 aliphatic carbocycles. The Balaban J connectivity index is 1.62. The molecule has 2 heterocycles. The van der Waals surface area contributed by atoms with Gasteiger partial charge >= 0.3 is 12.1 Å². The van der Waals surface area contributed by atoms with Crippen LogP contribution in [0.15, 0.2) is 24.3 Å². The van der Waals surface area contributed by atoms with E-state index >= 15 is 0 Å². The van der Waals surface area contributed by atoms with Crippen LogP contribution in [0.4, 0.5) is 13.2 Å². The second-order valence-corrected chi connectivity index (χ2v) is 8.59. The number of methoxy groups -OCH3 is 2. The molecule has 1 aromatic heterocycles. The van der Waals surface area contributed by atoms with Crippen LogP contribution in [-0.4, -0.2) is 65.3 Å².